The van der Waals surface area contributed by atoms with E-state index in [-0.39, 0.29) is 5.69 Å². The zero-order valence-electron chi connectivity index (χ0n) is 8.41. The molecule has 1 aromatic heterocycles. The zero-order chi connectivity index (χ0) is 11.0. The Morgan fingerprint density at radius 2 is 2.13 bits per heavy atom. The van der Waals surface area contributed by atoms with Gasteiger partial charge < -0.3 is 4.57 Å². The van der Waals surface area contributed by atoms with Crippen LogP contribution in [-0.2, 0) is 11.8 Å². The second-order valence-electron chi connectivity index (χ2n) is 3.41. The maximum Gasteiger partial charge on any atom is 0.240 e. The Morgan fingerprint density at radius 1 is 1.40 bits per heavy atom. The molecule has 0 saturated carbocycles. The number of isocyanates is 1. The van der Waals surface area contributed by atoms with Crippen molar-refractivity contribution < 1.29 is 9.18 Å². The summed E-state index contributed by atoms with van der Waals surface area (Å²) in [6.07, 6.45) is 1.34. The van der Waals surface area contributed by atoms with Crippen LogP contribution < -0.4 is 0 Å². The highest BCUT2D eigenvalue weighted by molar-refractivity contribution is 5.84. The smallest absolute Gasteiger partial charge is 0.240 e. The third-order valence-corrected chi connectivity index (χ3v) is 2.52. The second-order valence-corrected chi connectivity index (χ2v) is 3.41. The fourth-order valence-corrected chi connectivity index (χ4v) is 1.62. The average molecular weight is 204 g/mol. The number of rotatable bonds is 1. The van der Waals surface area contributed by atoms with Crippen LogP contribution in [0.1, 0.15) is 5.69 Å². The minimum atomic E-state index is -0.503. The van der Waals surface area contributed by atoms with Gasteiger partial charge in [-0.2, -0.15) is 4.99 Å². The summed E-state index contributed by atoms with van der Waals surface area (Å²) in [5, 5.41) is 0.803. The van der Waals surface area contributed by atoms with Gasteiger partial charge >= 0.3 is 0 Å². The Labute approximate surface area is 85.8 Å². The SMILES string of the molecule is Cc1cc2cc(F)c(N=C=O)cc2n1C. The number of fused-ring (bicyclic) bond motifs is 1. The maximum atomic E-state index is 13.4. The fourth-order valence-electron chi connectivity index (χ4n) is 1.62. The van der Waals surface area contributed by atoms with Gasteiger partial charge in [0.05, 0.1) is 5.52 Å². The third kappa shape index (κ3) is 1.45. The van der Waals surface area contributed by atoms with Gasteiger partial charge in [0.1, 0.15) is 11.5 Å². The second kappa shape index (κ2) is 3.33. The summed E-state index contributed by atoms with van der Waals surface area (Å²) >= 11 is 0. The molecule has 0 fully saturated rings. The molecule has 0 bridgehead atoms. The zero-order valence-corrected chi connectivity index (χ0v) is 8.41. The lowest BCUT2D eigenvalue weighted by molar-refractivity contribution is 0.564. The van der Waals surface area contributed by atoms with Gasteiger partial charge in [-0.1, -0.05) is 0 Å². The lowest BCUT2D eigenvalue weighted by Gasteiger charge is -2.00. The molecule has 0 radical (unpaired) electrons. The molecule has 0 N–H and O–H groups in total. The van der Waals surface area contributed by atoms with Crippen LogP contribution in [0.25, 0.3) is 10.9 Å². The lowest BCUT2D eigenvalue weighted by atomic mass is 10.2. The minimum Gasteiger partial charge on any atom is -0.348 e. The van der Waals surface area contributed by atoms with Gasteiger partial charge in [-0.05, 0) is 25.1 Å². The fraction of sp³-hybridized carbons (Fsp3) is 0.182. The van der Waals surface area contributed by atoms with Gasteiger partial charge in [0.25, 0.3) is 0 Å². The van der Waals surface area contributed by atoms with Crippen LogP contribution in [0.15, 0.2) is 23.2 Å². The van der Waals surface area contributed by atoms with Gasteiger partial charge in [0, 0.05) is 18.1 Å². The molecule has 0 saturated heterocycles. The average Bonchev–Trinajstić information content (AvgIpc) is 2.45. The first-order chi connectivity index (χ1) is 7.13. The number of aryl methyl sites for hydroxylation is 2. The molecule has 0 spiro atoms. The Kier molecular flexibility index (Phi) is 2.14. The van der Waals surface area contributed by atoms with Gasteiger partial charge in [0.2, 0.25) is 6.08 Å². The Hall–Kier alpha value is -1.93. The molecule has 1 heterocycles. The standard InChI is InChI=1S/C11H9FN2O/c1-7-3-8-4-9(12)10(13-6-15)5-11(8)14(7)2/h3-5H,1-2H3. The molecule has 0 aliphatic carbocycles. The molecule has 0 unspecified atom stereocenters. The molecule has 0 aliphatic heterocycles. The summed E-state index contributed by atoms with van der Waals surface area (Å²) in [6.45, 7) is 1.93. The van der Waals surface area contributed by atoms with E-state index in [9.17, 15) is 9.18 Å². The first kappa shape index (κ1) is 9.62. The number of halogens is 1. The summed E-state index contributed by atoms with van der Waals surface area (Å²) in [5.41, 5.74) is 1.90. The normalized spacial score (nSPS) is 10.3. The van der Waals surface area contributed by atoms with Gasteiger partial charge in [0.15, 0.2) is 0 Å². The van der Waals surface area contributed by atoms with E-state index < -0.39 is 5.82 Å². The van der Waals surface area contributed by atoms with Crippen LogP contribution in [-0.4, -0.2) is 10.6 Å². The van der Waals surface area contributed by atoms with E-state index in [0.717, 1.165) is 16.6 Å². The Balaban J connectivity index is 2.82. The molecule has 0 amide bonds. The predicted molar refractivity (Wildman–Crippen MR) is 55.4 cm³/mol. The highest BCUT2D eigenvalue weighted by Gasteiger charge is 2.07. The molecular formula is C11H9FN2O. The van der Waals surface area contributed by atoms with Crippen molar-refractivity contribution >= 4 is 22.7 Å². The summed E-state index contributed by atoms with van der Waals surface area (Å²) in [5.74, 6) is -0.503. The highest BCUT2D eigenvalue weighted by Crippen LogP contribution is 2.26. The van der Waals surface area contributed by atoms with E-state index >= 15 is 0 Å². The Bertz CT molecular complexity index is 580. The summed E-state index contributed by atoms with van der Waals surface area (Å²) in [7, 11) is 1.88. The van der Waals surface area contributed by atoms with Crippen molar-refractivity contribution in [1.82, 2.24) is 4.57 Å². The molecule has 0 aliphatic rings. The first-order valence-electron chi connectivity index (χ1n) is 4.47. The summed E-state index contributed by atoms with van der Waals surface area (Å²) in [4.78, 5) is 13.4. The van der Waals surface area contributed by atoms with Crippen molar-refractivity contribution in [3.05, 3.63) is 29.7 Å². The number of benzene rings is 1. The molecule has 2 rings (SSSR count). The summed E-state index contributed by atoms with van der Waals surface area (Å²) in [6, 6.07) is 4.80. The van der Waals surface area contributed by atoms with Crippen molar-refractivity contribution in [3.63, 3.8) is 0 Å². The van der Waals surface area contributed by atoms with Crippen LogP contribution in [0.2, 0.25) is 0 Å². The van der Waals surface area contributed by atoms with Crippen molar-refractivity contribution in [2.24, 2.45) is 12.0 Å². The van der Waals surface area contributed by atoms with E-state index in [4.69, 9.17) is 0 Å². The van der Waals surface area contributed by atoms with Crippen LogP contribution >= 0.6 is 0 Å². The summed E-state index contributed by atoms with van der Waals surface area (Å²) < 4.78 is 15.3. The van der Waals surface area contributed by atoms with Crippen LogP contribution in [0.3, 0.4) is 0 Å². The number of carbonyl (C=O) groups excluding carboxylic acids is 1. The molecule has 76 valence electrons. The molecular weight excluding hydrogens is 195 g/mol. The van der Waals surface area contributed by atoms with Gasteiger partial charge in [-0.3, -0.25) is 0 Å². The third-order valence-electron chi connectivity index (χ3n) is 2.52. The number of hydrogen-bond donors (Lipinski definition) is 0. The first-order valence-corrected chi connectivity index (χ1v) is 4.47. The van der Waals surface area contributed by atoms with Crippen molar-refractivity contribution in [2.75, 3.05) is 0 Å². The quantitative estimate of drug-likeness (QED) is 0.519. The van der Waals surface area contributed by atoms with Crippen LogP contribution in [0.5, 0.6) is 0 Å². The van der Waals surface area contributed by atoms with Crippen molar-refractivity contribution in [3.8, 4) is 0 Å². The highest BCUT2D eigenvalue weighted by atomic mass is 19.1. The lowest BCUT2D eigenvalue weighted by Crippen LogP contribution is -1.89. The number of nitrogens with zero attached hydrogens (tertiary/aromatic N) is 2. The molecule has 0 atom stereocenters. The van der Waals surface area contributed by atoms with E-state index in [2.05, 4.69) is 4.99 Å². The number of aliphatic imine (C=N–C) groups is 1. The molecule has 2 aromatic rings. The Morgan fingerprint density at radius 3 is 2.80 bits per heavy atom. The van der Waals surface area contributed by atoms with Gasteiger partial charge in [-0.25, -0.2) is 9.18 Å². The van der Waals surface area contributed by atoms with Gasteiger partial charge in [-0.15, -0.1) is 0 Å². The molecule has 15 heavy (non-hydrogen) atoms. The van der Waals surface area contributed by atoms with Crippen molar-refractivity contribution in [2.45, 2.75) is 6.92 Å². The van der Waals surface area contributed by atoms with E-state index in [1.807, 2.05) is 24.6 Å². The minimum absolute atomic E-state index is 0.0266. The van der Waals surface area contributed by atoms with E-state index in [1.54, 1.807) is 6.07 Å². The molecule has 3 nitrogen and oxygen atoms in total. The molecule has 4 heteroatoms. The molecule has 1 aromatic carbocycles. The van der Waals surface area contributed by atoms with Crippen LogP contribution in [0.4, 0.5) is 10.1 Å². The largest absolute Gasteiger partial charge is 0.348 e. The van der Waals surface area contributed by atoms with E-state index in [0.29, 0.717) is 0 Å². The van der Waals surface area contributed by atoms with Crippen LogP contribution in [0, 0.1) is 12.7 Å². The topological polar surface area (TPSA) is 34.4 Å². The van der Waals surface area contributed by atoms with E-state index in [1.165, 1.54) is 12.1 Å². The predicted octanol–water partition coefficient (Wildman–Crippen LogP) is 2.59. The maximum absolute atomic E-state index is 13.4. The van der Waals surface area contributed by atoms with Crippen molar-refractivity contribution in [1.29, 1.82) is 0 Å². The number of aromatic nitrogens is 1. The number of hydrogen-bond acceptors (Lipinski definition) is 2. The monoisotopic (exact) mass is 204 g/mol.